The first-order chi connectivity index (χ1) is 19.9. The van der Waals surface area contributed by atoms with E-state index in [-0.39, 0.29) is 38.2 Å². The summed E-state index contributed by atoms with van der Waals surface area (Å²) in [6, 6.07) is 6.65. The number of aliphatic hydroxyl groups is 1. The van der Waals surface area contributed by atoms with E-state index in [9.17, 15) is 19.5 Å². The van der Waals surface area contributed by atoms with Gasteiger partial charge in [-0.1, -0.05) is 43.2 Å². The van der Waals surface area contributed by atoms with Gasteiger partial charge in [-0.25, -0.2) is 4.68 Å². The van der Waals surface area contributed by atoms with Gasteiger partial charge < -0.3 is 24.4 Å². The van der Waals surface area contributed by atoms with Crippen molar-refractivity contribution in [2.75, 3.05) is 26.3 Å². The Balaban J connectivity index is 1.51. The van der Waals surface area contributed by atoms with Crippen LogP contribution in [0.1, 0.15) is 58.8 Å². The van der Waals surface area contributed by atoms with Crippen molar-refractivity contribution in [2.24, 2.45) is 11.8 Å². The number of likely N-dealkylation sites (tertiary alicyclic amines) is 1. The summed E-state index contributed by atoms with van der Waals surface area (Å²) in [5, 5.41) is 17.7. The van der Waals surface area contributed by atoms with Gasteiger partial charge in [-0.2, -0.15) is 0 Å². The van der Waals surface area contributed by atoms with E-state index in [1.54, 1.807) is 27.5 Å². The molecule has 3 saturated heterocycles. The lowest BCUT2D eigenvalue weighted by molar-refractivity contribution is -0.162. The molecule has 3 aliphatic heterocycles. The molecule has 1 aromatic heterocycles. The third-order valence-corrected chi connectivity index (χ3v) is 9.15. The Bertz CT molecular complexity index is 1300. The van der Waals surface area contributed by atoms with E-state index in [4.69, 9.17) is 9.47 Å². The van der Waals surface area contributed by atoms with Crippen LogP contribution in [-0.2, 0) is 30.5 Å². The number of hydrogen-bond donors (Lipinski definition) is 1. The number of carbonyl (C=O) groups is 3. The minimum atomic E-state index is -1.11. The van der Waals surface area contributed by atoms with Gasteiger partial charge in [0.15, 0.2) is 0 Å². The van der Waals surface area contributed by atoms with Gasteiger partial charge in [0.25, 0.3) is 0 Å². The van der Waals surface area contributed by atoms with Gasteiger partial charge in [0.1, 0.15) is 29.7 Å². The highest BCUT2D eigenvalue weighted by Crippen LogP contribution is 2.64. The maximum atomic E-state index is 14.6. The fraction of sp³-hybridized carbons (Fsp3) is 0.633. The zero-order chi connectivity index (χ0) is 29.2. The van der Waals surface area contributed by atoms with Crippen molar-refractivity contribution in [3.8, 4) is 0 Å². The van der Waals surface area contributed by atoms with Crippen LogP contribution in [0.2, 0.25) is 0 Å². The van der Waals surface area contributed by atoms with Crippen molar-refractivity contribution in [2.45, 2.75) is 82.7 Å². The van der Waals surface area contributed by atoms with E-state index < -0.39 is 35.0 Å². The van der Waals surface area contributed by atoms with Gasteiger partial charge in [-0.05, 0) is 51.2 Å². The molecule has 1 aromatic carbocycles. The minimum Gasteiger partial charge on any atom is -0.466 e. The summed E-state index contributed by atoms with van der Waals surface area (Å²) in [4.78, 5) is 45.5. The van der Waals surface area contributed by atoms with Gasteiger partial charge in [-0.3, -0.25) is 14.4 Å². The number of ether oxygens (including phenoxy) is 2. The quantitative estimate of drug-likeness (QED) is 0.210. The SMILES string of the molecule is C=CCN(Cn1nnc2ccccc21)C(=O)C1N(CCCCCCO)C(=O)[C@@H]2[C@@H](C(=O)OCC)[C@@]3(CC)CCC12O3. The number of aliphatic hydroxyl groups excluding tert-OH is 1. The second kappa shape index (κ2) is 11.9. The second-order valence-corrected chi connectivity index (χ2v) is 11.3. The van der Waals surface area contributed by atoms with Gasteiger partial charge >= 0.3 is 5.97 Å². The third-order valence-electron chi connectivity index (χ3n) is 9.15. The molecular formula is C30H41N5O6. The van der Waals surface area contributed by atoms with Gasteiger partial charge in [0.05, 0.1) is 23.6 Å². The van der Waals surface area contributed by atoms with Crippen LogP contribution in [0.4, 0.5) is 0 Å². The molecule has 2 amide bonds. The molecule has 3 aliphatic rings. The molecule has 4 heterocycles. The highest BCUT2D eigenvalue weighted by atomic mass is 16.6. The van der Waals surface area contributed by atoms with Crippen LogP contribution in [0, 0.1) is 11.8 Å². The monoisotopic (exact) mass is 567 g/mol. The molecule has 5 atom stereocenters. The Kier molecular flexibility index (Phi) is 8.47. The number of hydrogen-bond acceptors (Lipinski definition) is 8. The third kappa shape index (κ3) is 4.82. The van der Waals surface area contributed by atoms with Crippen molar-refractivity contribution < 1.29 is 29.0 Å². The lowest BCUT2D eigenvalue weighted by atomic mass is 9.65. The molecular weight excluding hydrogens is 526 g/mol. The molecule has 11 heteroatoms. The molecule has 2 unspecified atom stereocenters. The number of rotatable bonds is 14. The van der Waals surface area contributed by atoms with E-state index in [1.807, 2.05) is 31.2 Å². The topological polar surface area (TPSA) is 127 Å². The molecule has 2 aromatic rings. The van der Waals surface area contributed by atoms with Crippen LogP contribution in [0.3, 0.4) is 0 Å². The highest BCUT2D eigenvalue weighted by molar-refractivity contribution is 5.98. The molecule has 222 valence electrons. The number of nitrogens with zero attached hydrogens (tertiary/aromatic N) is 5. The van der Waals surface area contributed by atoms with Crippen LogP contribution in [0.15, 0.2) is 36.9 Å². The molecule has 0 radical (unpaired) electrons. The molecule has 3 fully saturated rings. The fourth-order valence-electron chi connectivity index (χ4n) is 7.31. The number of amides is 2. The number of aromatic nitrogens is 3. The van der Waals surface area contributed by atoms with Crippen molar-refractivity contribution in [3.05, 3.63) is 36.9 Å². The van der Waals surface area contributed by atoms with Gasteiger partial charge in [0, 0.05) is 19.7 Å². The average molecular weight is 568 g/mol. The normalized spacial score (nSPS) is 28.3. The fourth-order valence-corrected chi connectivity index (χ4v) is 7.31. The predicted molar refractivity (Wildman–Crippen MR) is 150 cm³/mol. The molecule has 1 N–H and O–H groups in total. The standard InChI is InChI=1S/C30H41N5O6/c1-4-17-33(20-35-22-14-10-9-13-21(22)31-32-35)27(38)25-30-16-15-29(5-2,41-30)24(28(39)40-6-3)23(30)26(37)34(25)18-11-7-8-12-19-36/h4,9-10,13-14,23-25,36H,1,5-8,11-12,15-20H2,2-3H3/t23-,24-,25?,29+,30?/m0/s1. The zero-order valence-corrected chi connectivity index (χ0v) is 24.0. The number of carbonyl (C=O) groups excluding carboxylic acids is 3. The smallest absolute Gasteiger partial charge is 0.312 e. The molecule has 11 nitrogen and oxygen atoms in total. The summed E-state index contributed by atoms with van der Waals surface area (Å²) in [5.74, 6) is -2.44. The van der Waals surface area contributed by atoms with Crippen molar-refractivity contribution >= 4 is 28.8 Å². The van der Waals surface area contributed by atoms with E-state index in [0.29, 0.717) is 38.6 Å². The highest BCUT2D eigenvalue weighted by Gasteiger charge is 2.79. The lowest BCUT2D eigenvalue weighted by Gasteiger charge is -2.36. The second-order valence-electron chi connectivity index (χ2n) is 11.3. The number of para-hydroxylation sites is 1. The van der Waals surface area contributed by atoms with Gasteiger partial charge in [-0.15, -0.1) is 11.7 Å². The van der Waals surface area contributed by atoms with Crippen LogP contribution in [0.25, 0.3) is 11.0 Å². The maximum Gasteiger partial charge on any atom is 0.312 e. The first-order valence-corrected chi connectivity index (χ1v) is 14.8. The van der Waals surface area contributed by atoms with E-state index in [1.165, 1.54) is 0 Å². The first-order valence-electron chi connectivity index (χ1n) is 14.8. The van der Waals surface area contributed by atoms with Crippen LogP contribution >= 0.6 is 0 Å². The largest absolute Gasteiger partial charge is 0.466 e. The maximum absolute atomic E-state index is 14.6. The summed E-state index contributed by atoms with van der Waals surface area (Å²) in [6.45, 7) is 8.65. The minimum absolute atomic E-state index is 0.122. The molecule has 41 heavy (non-hydrogen) atoms. The lowest BCUT2D eigenvalue weighted by Crippen LogP contribution is -2.56. The number of fused-ring (bicyclic) bond motifs is 2. The Morgan fingerprint density at radius 1 is 1.22 bits per heavy atom. The summed E-state index contributed by atoms with van der Waals surface area (Å²) >= 11 is 0. The van der Waals surface area contributed by atoms with Crippen LogP contribution in [-0.4, -0.2) is 91.2 Å². The van der Waals surface area contributed by atoms with E-state index in [0.717, 1.165) is 23.9 Å². The summed E-state index contributed by atoms with van der Waals surface area (Å²) in [5.41, 5.74) is -0.433. The molecule has 5 rings (SSSR count). The Labute approximate surface area is 240 Å². The van der Waals surface area contributed by atoms with E-state index >= 15 is 0 Å². The Hall–Kier alpha value is -3.31. The summed E-state index contributed by atoms with van der Waals surface area (Å²) in [6.07, 6.45) is 6.31. The van der Waals surface area contributed by atoms with Crippen molar-refractivity contribution in [1.82, 2.24) is 24.8 Å². The number of esters is 1. The molecule has 1 spiro atoms. The molecule has 2 bridgehead atoms. The number of benzene rings is 1. The van der Waals surface area contributed by atoms with Gasteiger partial charge in [0.2, 0.25) is 11.8 Å². The number of unbranched alkanes of at least 4 members (excludes halogenated alkanes) is 3. The summed E-state index contributed by atoms with van der Waals surface area (Å²) < 4.78 is 14.0. The van der Waals surface area contributed by atoms with Crippen molar-refractivity contribution in [3.63, 3.8) is 0 Å². The van der Waals surface area contributed by atoms with Crippen LogP contribution < -0.4 is 0 Å². The Morgan fingerprint density at radius 2 is 2.00 bits per heavy atom. The van der Waals surface area contributed by atoms with Crippen LogP contribution in [0.5, 0.6) is 0 Å². The predicted octanol–water partition coefficient (Wildman–Crippen LogP) is 2.67. The van der Waals surface area contributed by atoms with Crippen molar-refractivity contribution in [1.29, 1.82) is 0 Å². The summed E-state index contributed by atoms with van der Waals surface area (Å²) in [7, 11) is 0. The molecule has 0 saturated carbocycles. The van der Waals surface area contributed by atoms with E-state index in [2.05, 4.69) is 16.9 Å². The average Bonchev–Trinajstić information content (AvgIpc) is 3.70. The first kappa shape index (κ1) is 29.2. The zero-order valence-electron chi connectivity index (χ0n) is 24.0. The molecule has 0 aliphatic carbocycles. The Morgan fingerprint density at radius 3 is 2.73 bits per heavy atom.